The molecule has 7 nitrogen and oxygen atoms in total. The summed E-state index contributed by atoms with van der Waals surface area (Å²) in [7, 11) is 0. The minimum Gasteiger partial charge on any atom is -0.482 e. The van der Waals surface area contributed by atoms with Gasteiger partial charge in [0, 0.05) is 48.3 Å². The molecular weight excluding hydrogens is 457 g/mol. The number of halogens is 2. The second-order valence-electron chi connectivity index (χ2n) is 9.03. The van der Waals surface area contributed by atoms with Gasteiger partial charge in [-0.3, -0.25) is 4.68 Å². The molecule has 3 aromatic heterocycles. The van der Waals surface area contributed by atoms with Gasteiger partial charge in [0.25, 0.3) is 0 Å². The molecule has 9 heteroatoms. The first kappa shape index (κ1) is 21.2. The second-order valence-corrected chi connectivity index (χ2v) is 9.39. The Morgan fingerprint density at radius 3 is 2.88 bits per heavy atom. The molecule has 0 amide bonds. The molecule has 1 saturated carbocycles. The molecule has 2 N–H and O–H groups in total. The number of benzene rings is 1. The fourth-order valence-electron chi connectivity index (χ4n) is 4.60. The number of pyridine rings is 1. The van der Waals surface area contributed by atoms with Gasteiger partial charge in [0.1, 0.15) is 11.9 Å². The summed E-state index contributed by atoms with van der Waals surface area (Å²) in [6.45, 7) is 4.42. The first-order valence-electron chi connectivity index (χ1n) is 11.3. The number of nitrogens with two attached hydrogens (primary N) is 1. The molecular formula is C25H23ClFN5O2. The summed E-state index contributed by atoms with van der Waals surface area (Å²) in [4.78, 5) is 9.05. The third-order valence-electron chi connectivity index (χ3n) is 6.43. The lowest BCUT2D eigenvalue weighted by Gasteiger charge is -2.20. The van der Waals surface area contributed by atoms with Crippen LogP contribution in [0.5, 0.6) is 5.75 Å². The number of fused-ring (bicyclic) bond motifs is 7. The molecule has 1 aliphatic heterocycles. The Bertz CT molecular complexity index is 1430. The maximum atomic E-state index is 14.3. The van der Waals surface area contributed by atoms with Crippen LogP contribution in [-0.4, -0.2) is 19.7 Å². The second kappa shape index (κ2) is 7.84. The summed E-state index contributed by atoms with van der Waals surface area (Å²) >= 11 is 6.70. The van der Waals surface area contributed by atoms with E-state index in [0.717, 1.165) is 23.4 Å². The molecule has 1 atom stereocenters. The van der Waals surface area contributed by atoms with Crippen LogP contribution < -0.4 is 10.5 Å². The zero-order valence-corrected chi connectivity index (χ0v) is 19.6. The molecule has 4 heterocycles. The Kier molecular flexibility index (Phi) is 4.88. The van der Waals surface area contributed by atoms with Gasteiger partial charge in [-0.05, 0) is 49.9 Å². The van der Waals surface area contributed by atoms with E-state index in [0.29, 0.717) is 51.7 Å². The van der Waals surface area contributed by atoms with Crippen molar-refractivity contribution >= 4 is 17.4 Å². The number of aromatic nitrogens is 4. The molecule has 0 spiro atoms. The van der Waals surface area contributed by atoms with Crippen LogP contribution in [0.2, 0.25) is 5.15 Å². The first-order chi connectivity index (χ1) is 16.4. The molecule has 2 bridgehead atoms. The van der Waals surface area contributed by atoms with Gasteiger partial charge in [0.05, 0.1) is 11.4 Å². The summed E-state index contributed by atoms with van der Waals surface area (Å²) in [5.41, 5.74) is 10.7. The van der Waals surface area contributed by atoms with Gasteiger partial charge in [0.15, 0.2) is 28.4 Å². The SMILES string of the molecule is Cc1nc2c(o1)-c1ccc(F)cc1C(C)Oc1cc(cnc1N)-c1c(c(Cl)nn1CC1CC1)C2. The van der Waals surface area contributed by atoms with Gasteiger partial charge in [-0.2, -0.15) is 5.10 Å². The highest BCUT2D eigenvalue weighted by molar-refractivity contribution is 6.30. The summed E-state index contributed by atoms with van der Waals surface area (Å²) < 4.78 is 28.5. The van der Waals surface area contributed by atoms with Crippen molar-refractivity contribution in [2.24, 2.45) is 5.92 Å². The maximum Gasteiger partial charge on any atom is 0.192 e. The van der Waals surface area contributed by atoms with Gasteiger partial charge >= 0.3 is 0 Å². The normalized spacial score (nSPS) is 17.1. The lowest BCUT2D eigenvalue weighted by molar-refractivity contribution is 0.227. The molecule has 2 aliphatic rings. The first-order valence-corrected chi connectivity index (χ1v) is 11.7. The van der Waals surface area contributed by atoms with Crippen LogP contribution in [0.25, 0.3) is 22.6 Å². The Hall–Kier alpha value is -3.39. The zero-order valence-electron chi connectivity index (χ0n) is 18.8. The fourth-order valence-corrected chi connectivity index (χ4v) is 4.85. The van der Waals surface area contributed by atoms with E-state index in [4.69, 9.17) is 26.5 Å². The highest BCUT2D eigenvalue weighted by Crippen LogP contribution is 2.41. The molecule has 174 valence electrons. The number of anilines is 1. The largest absolute Gasteiger partial charge is 0.482 e. The van der Waals surface area contributed by atoms with E-state index in [1.165, 1.54) is 25.0 Å². The van der Waals surface area contributed by atoms with Crippen molar-refractivity contribution in [1.29, 1.82) is 0 Å². The van der Waals surface area contributed by atoms with Crippen molar-refractivity contribution in [3.8, 4) is 28.3 Å². The molecule has 1 aromatic carbocycles. The smallest absolute Gasteiger partial charge is 0.192 e. The highest BCUT2D eigenvalue weighted by Gasteiger charge is 2.29. The Balaban J connectivity index is 1.62. The Morgan fingerprint density at radius 2 is 2.09 bits per heavy atom. The predicted molar refractivity (Wildman–Crippen MR) is 126 cm³/mol. The lowest BCUT2D eigenvalue weighted by Crippen LogP contribution is -2.10. The predicted octanol–water partition coefficient (Wildman–Crippen LogP) is 5.74. The third kappa shape index (κ3) is 3.62. The molecule has 1 fully saturated rings. The number of rotatable bonds is 2. The van der Waals surface area contributed by atoms with E-state index in [1.54, 1.807) is 19.2 Å². The van der Waals surface area contributed by atoms with E-state index in [9.17, 15) is 4.39 Å². The van der Waals surface area contributed by atoms with Crippen LogP contribution >= 0.6 is 11.6 Å². The lowest BCUT2D eigenvalue weighted by atomic mass is 9.97. The van der Waals surface area contributed by atoms with Crippen LogP contribution in [0.3, 0.4) is 0 Å². The summed E-state index contributed by atoms with van der Waals surface area (Å²) in [6, 6.07) is 6.40. The van der Waals surface area contributed by atoms with Gasteiger partial charge in [0.2, 0.25) is 0 Å². The van der Waals surface area contributed by atoms with Crippen molar-refractivity contribution in [1.82, 2.24) is 19.7 Å². The highest BCUT2D eigenvalue weighted by atomic mass is 35.5. The van der Waals surface area contributed by atoms with Crippen molar-refractivity contribution in [3.63, 3.8) is 0 Å². The zero-order chi connectivity index (χ0) is 23.6. The van der Waals surface area contributed by atoms with Gasteiger partial charge in [-0.15, -0.1) is 0 Å². The van der Waals surface area contributed by atoms with E-state index >= 15 is 0 Å². The number of nitrogens with zero attached hydrogens (tertiary/aromatic N) is 4. The Labute approximate surface area is 200 Å². The summed E-state index contributed by atoms with van der Waals surface area (Å²) in [5.74, 6) is 1.96. The van der Waals surface area contributed by atoms with Crippen molar-refractivity contribution < 1.29 is 13.5 Å². The van der Waals surface area contributed by atoms with Gasteiger partial charge in [-0.25, -0.2) is 14.4 Å². The summed E-state index contributed by atoms with van der Waals surface area (Å²) in [6.07, 6.45) is 3.94. The molecule has 6 rings (SSSR count). The van der Waals surface area contributed by atoms with E-state index < -0.39 is 6.10 Å². The monoisotopic (exact) mass is 479 g/mol. The number of ether oxygens (including phenoxy) is 1. The topological polar surface area (TPSA) is 92.0 Å². The number of aryl methyl sites for hydroxylation is 1. The minimum atomic E-state index is -0.526. The quantitative estimate of drug-likeness (QED) is 0.394. The van der Waals surface area contributed by atoms with Crippen molar-refractivity contribution in [3.05, 3.63) is 64.1 Å². The number of hydrogen-bond acceptors (Lipinski definition) is 6. The molecule has 34 heavy (non-hydrogen) atoms. The van der Waals surface area contributed by atoms with Crippen LogP contribution in [0.4, 0.5) is 10.2 Å². The van der Waals surface area contributed by atoms with Gasteiger partial charge in [-0.1, -0.05) is 11.6 Å². The fraction of sp³-hybridized carbons (Fsp3) is 0.320. The number of oxazole rings is 1. The minimum absolute atomic E-state index is 0.253. The maximum absolute atomic E-state index is 14.3. The van der Waals surface area contributed by atoms with Crippen LogP contribution in [0, 0.1) is 18.7 Å². The third-order valence-corrected chi connectivity index (χ3v) is 6.74. The summed E-state index contributed by atoms with van der Waals surface area (Å²) in [5, 5.41) is 5.07. The molecule has 0 radical (unpaired) electrons. The van der Waals surface area contributed by atoms with Gasteiger partial charge < -0.3 is 14.9 Å². The van der Waals surface area contributed by atoms with E-state index in [2.05, 4.69) is 15.1 Å². The van der Waals surface area contributed by atoms with Crippen LogP contribution in [-0.2, 0) is 13.0 Å². The average Bonchev–Trinajstić information content (AvgIpc) is 3.46. The Morgan fingerprint density at radius 1 is 1.26 bits per heavy atom. The number of hydrogen-bond donors (Lipinski definition) is 1. The van der Waals surface area contributed by atoms with E-state index in [-0.39, 0.29) is 11.6 Å². The molecule has 0 saturated heterocycles. The average molecular weight is 480 g/mol. The standard InChI is InChI=1S/C25H23ClFN5O2/c1-12-18-8-16(27)5-6-17(18)23-20(30-13(2)34-23)9-19-22(15-7-21(33-12)25(28)29-10-15)32(31-24(19)26)11-14-3-4-14/h5-8,10,12,14H,3-4,9,11H2,1-2H3,(H2,28,29). The van der Waals surface area contributed by atoms with Crippen LogP contribution in [0.1, 0.15) is 48.6 Å². The van der Waals surface area contributed by atoms with Crippen molar-refractivity contribution in [2.45, 2.75) is 45.8 Å². The molecule has 4 aromatic rings. The molecule has 1 unspecified atom stereocenters. The van der Waals surface area contributed by atoms with Crippen molar-refractivity contribution in [2.75, 3.05) is 5.73 Å². The van der Waals surface area contributed by atoms with E-state index in [1.807, 2.05) is 17.7 Å². The molecule has 1 aliphatic carbocycles. The van der Waals surface area contributed by atoms with Crippen LogP contribution in [0.15, 0.2) is 34.9 Å². The number of nitrogen functional groups attached to an aromatic ring is 1.